The Labute approximate surface area is 547 Å². The van der Waals surface area contributed by atoms with Gasteiger partial charge in [-0.25, -0.2) is 15.0 Å². The largest absolute Gasteiger partial charge is 0.455 e. The molecule has 8 nitrogen and oxygen atoms in total. The Morgan fingerprint density at radius 1 is 0.319 bits per heavy atom. The van der Waals surface area contributed by atoms with Crippen molar-refractivity contribution in [1.82, 2.24) is 24.1 Å². The molecule has 0 saturated carbocycles. The first-order chi connectivity index (χ1) is 45.0. The minimum absolute atomic E-state index is 0.160. The third kappa shape index (κ3) is 9.58. The van der Waals surface area contributed by atoms with Gasteiger partial charge in [-0.05, 0) is 164 Å². The third-order valence-corrected chi connectivity index (χ3v) is 19.2. The summed E-state index contributed by atoms with van der Waals surface area (Å²) in [6.45, 7) is 27.3. The normalized spacial score (nSPS) is 12.7. The molecule has 0 fully saturated rings. The molecule has 0 bridgehead atoms. The number of para-hydroxylation sites is 4. The maximum Gasteiger partial charge on any atom is 0.164 e. The van der Waals surface area contributed by atoms with Crippen LogP contribution in [0.2, 0.25) is 0 Å². The molecule has 0 atom stereocenters. The highest BCUT2D eigenvalue weighted by Crippen LogP contribution is 2.48. The van der Waals surface area contributed by atoms with Gasteiger partial charge in [0.25, 0.3) is 0 Å². The highest BCUT2D eigenvalue weighted by atomic mass is 16.3. The highest BCUT2D eigenvalue weighted by molar-refractivity contribution is 6.25. The fourth-order valence-corrected chi connectivity index (χ4v) is 13.9. The molecule has 0 aliphatic heterocycles. The van der Waals surface area contributed by atoms with Gasteiger partial charge in [0, 0.05) is 60.1 Å². The number of benzene rings is 11. The van der Waals surface area contributed by atoms with Crippen LogP contribution in [0.4, 0.5) is 0 Å². The monoisotopic (exact) mass is 1220 g/mol. The lowest BCUT2D eigenvalue weighted by Crippen LogP contribution is -2.17. The minimum Gasteiger partial charge on any atom is -0.455 e. The summed E-state index contributed by atoms with van der Waals surface area (Å²) in [5, 5.41) is 18.5. The Kier molecular flexibility index (Phi) is 13.1. The van der Waals surface area contributed by atoms with Crippen molar-refractivity contribution in [3.8, 4) is 73.9 Å². The second-order valence-corrected chi connectivity index (χ2v) is 29.6. The maximum absolute atomic E-state index is 10.0. The molecule has 0 saturated heterocycles. The summed E-state index contributed by atoms with van der Waals surface area (Å²) >= 11 is 0. The van der Waals surface area contributed by atoms with E-state index in [0.29, 0.717) is 23.0 Å². The van der Waals surface area contributed by atoms with Crippen LogP contribution in [0, 0.1) is 11.3 Å². The van der Waals surface area contributed by atoms with Gasteiger partial charge >= 0.3 is 0 Å². The van der Waals surface area contributed by atoms with Crippen LogP contribution in [0.15, 0.2) is 227 Å². The van der Waals surface area contributed by atoms with E-state index in [0.717, 1.165) is 138 Å². The molecule has 5 heterocycles. The molecule has 8 heteroatoms. The molecule has 0 N–H and O–H groups in total. The smallest absolute Gasteiger partial charge is 0.164 e. The third-order valence-electron chi connectivity index (χ3n) is 19.2. The number of furan rings is 2. The van der Waals surface area contributed by atoms with Gasteiger partial charge in [-0.3, -0.25) is 0 Å². The van der Waals surface area contributed by atoms with Crippen molar-refractivity contribution in [2.24, 2.45) is 0 Å². The molecule has 16 aromatic rings. The van der Waals surface area contributed by atoms with E-state index in [1.807, 2.05) is 36.4 Å². The van der Waals surface area contributed by atoms with Gasteiger partial charge in [0.15, 0.2) is 17.5 Å². The van der Waals surface area contributed by atoms with Crippen LogP contribution in [0.25, 0.3) is 155 Å². The van der Waals surface area contributed by atoms with E-state index < -0.39 is 0 Å². The van der Waals surface area contributed by atoms with Crippen molar-refractivity contribution in [3.05, 3.63) is 246 Å². The standard InChI is InChI=1S/C86H72N6O2/c1-83(2,3)56-41-54(42-57(47-56)84(4,5)6)81-88-80(89-82(90-81)55-43-58(85(7,8)9)48-59(44-55)86(10,11)12)53-34-38-70(91-68-25-17-13-23-65(68)76-71(91)39-36-63-61-21-15-19-27-74(61)93-78(63)76)67(45-53)60-35-33-52(51-31-29-50(49-87)30-32-51)46-73(60)92-69-26-18-14-24-66(69)77-72(92)40-37-64-62-22-16-20-28-75(62)94-79(64)77/h13-48H,1-12H3. The lowest BCUT2D eigenvalue weighted by Gasteiger charge is -2.26. The zero-order chi connectivity index (χ0) is 64.9. The van der Waals surface area contributed by atoms with E-state index in [1.54, 1.807) is 0 Å². The quantitative estimate of drug-likeness (QED) is 0.158. The molecule has 0 aliphatic rings. The maximum atomic E-state index is 10.0. The molecule has 94 heavy (non-hydrogen) atoms. The van der Waals surface area contributed by atoms with Gasteiger partial charge < -0.3 is 18.0 Å². The lowest BCUT2D eigenvalue weighted by molar-refractivity contribution is 0.568. The first-order valence-electron chi connectivity index (χ1n) is 32.6. The fraction of sp³-hybridized carbons (Fsp3) is 0.186. The van der Waals surface area contributed by atoms with Crippen molar-refractivity contribution < 1.29 is 8.83 Å². The molecule has 5 aromatic heterocycles. The van der Waals surface area contributed by atoms with Crippen molar-refractivity contribution in [3.63, 3.8) is 0 Å². The van der Waals surface area contributed by atoms with E-state index in [-0.39, 0.29) is 21.7 Å². The summed E-state index contributed by atoms with van der Waals surface area (Å²) in [7, 11) is 0. The summed E-state index contributed by atoms with van der Waals surface area (Å²) < 4.78 is 18.7. The predicted molar refractivity (Wildman–Crippen MR) is 390 cm³/mol. The number of rotatable bonds is 7. The van der Waals surface area contributed by atoms with Crippen LogP contribution in [-0.2, 0) is 21.7 Å². The van der Waals surface area contributed by atoms with E-state index in [2.05, 4.69) is 280 Å². The summed E-state index contributed by atoms with van der Waals surface area (Å²) in [6.07, 6.45) is 0. The molecule has 0 amide bonds. The van der Waals surface area contributed by atoms with Gasteiger partial charge in [-0.1, -0.05) is 192 Å². The molecular weight excluding hydrogens is 1150 g/mol. The first-order valence-corrected chi connectivity index (χ1v) is 32.6. The Bertz CT molecular complexity index is 5690. The summed E-state index contributed by atoms with van der Waals surface area (Å²) in [6, 6.07) is 80.6. The topological polar surface area (TPSA) is 98.6 Å². The van der Waals surface area contributed by atoms with Crippen LogP contribution in [-0.4, -0.2) is 24.1 Å². The average molecular weight is 1220 g/mol. The van der Waals surface area contributed by atoms with Crippen LogP contribution in [0.5, 0.6) is 0 Å². The second-order valence-electron chi connectivity index (χ2n) is 29.6. The zero-order valence-corrected chi connectivity index (χ0v) is 55.3. The van der Waals surface area contributed by atoms with Gasteiger partial charge in [0.2, 0.25) is 0 Å². The second kappa shape index (κ2) is 21.1. The van der Waals surface area contributed by atoms with Crippen LogP contribution < -0.4 is 0 Å². The predicted octanol–water partition coefficient (Wildman–Crippen LogP) is 23.3. The van der Waals surface area contributed by atoms with E-state index in [4.69, 9.17) is 23.8 Å². The first kappa shape index (κ1) is 58.2. The fourth-order valence-electron chi connectivity index (χ4n) is 13.9. The molecular formula is C86H72N6O2. The molecule has 0 unspecified atom stereocenters. The van der Waals surface area contributed by atoms with Gasteiger partial charge in [0.1, 0.15) is 22.3 Å². The Balaban J connectivity index is 1.04. The summed E-state index contributed by atoms with van der Waals surface area (Å²) in [4.78, 5) is 16.9. The SMILES string of the molecule is CC(C)(C)c1cc(-c2nc(-c3cc(C(C)(C)C)cc(C(C)(C)C)c3)nc(-c3ccc(-n4c5ccccc5c5c6oc7ccccc7c6ccc54)c(-c4ccc(-c5ccc(C#N)cc5)cc4-n4c5ccccc5c5c6oc7ccccc7c6ccc54)c3)n2)cc(C(C)(C)C)c1. The van der Waals surface area contributed by atoms with Crippen LogP contribution in [0.1, 0.15) is 111 Å². The minimum atomic E-state index is -0.160. The molecule has 0 aliphatic carbocycles. The number of nitriles is 1. The van der Waals surface area contributed by atoms with Crippen LogP contribution in [0.3, 0.4) is 0 Å². The number of nitrogens with zero attached hydrogens (tertiary/aromatic N) is 6. The summed E-state index contributed by atoms with van der Waals surface area (Å²) in [5.74, 6) is 1.76. The highest BCUT2D eigenvalue weighted by Gasteiger charge is 2.29. The Hall–Kier alpha value is -10.9. The van der Waals surface area contributed by atoms with Gasteiger partial charge in [-0.2, -0.15) is 5.26 Å². The van der Waals surface area contributed by atoms with E-state index in [1.165, 1.54) is 22.3 Å². The number of hydrogen-bond acceptors (Lipinski definition) is 6. The zero-order valence-electron chi connectivity index (χ0n) is 55.3. The van der Waals surface area contributed by atoms with Gasteiger partial charge in [-0.15, -0.1) is 0 Å². The Morgan fingerprint density at radius 3 is 1.18 bits per heavy atom. The number of hydrogen-bond donors (Lipinski definition) is 0. The van der Waals surface area contributed by atoms with Crippen LogP contribution >= 0.6 is 0 Å². The van der Waals surface area contributed by atoms with Crippen molar-refractivity contribution in [2.75, 3.05) is 0 Å². The van der Waals surface area contributed by atoms with Crippen molar-refractivity contribution in [2.45, 2.75) is 105 Å². The average Bonchev–Trinajstić information content (AvgIpc) is 1.52. The van der Waals surface area contributed by atoms with E-state index in [9.17, 15) is 5.26 Å². The summed E-state index contributed by atoms with van der Waals surface area (Å²) in [5.41, 5.74) is 20.7. The van der Waals surface area contributed by atoms with E-state index >= 15 is 0 Å². The number of aromatic nitrogens is 5. The molecule has 0 spiro atoms. The molecule has 11 aromatic carbocycles. The molecule has 0 radical (unpaired) electrons. The number of fused-ring (bicyclic) bond motifs is 14. The van der Waals surface area contributed by atoms with Gasteiger partial charge in [0.05, 0.1) is 55.8 Å². The molecule has 16 rings (SSSR count). The Morgan fingerprint density at radius 2 is 0.723 bits per heavy atom. The van der Waals surface area contributed by atoms with Crippen molar-refractivity contribution >= 4 is 87.5 Å². The lowest BCUT2D eigenvalue weighted by atomic mass is 9.79. The molecule has 458 valence electrons. The van der Waals surface area contributed by atoms with Crippen molar-refractivity contribution in [1.29, 1.82) is 5.26 Å².